The number of hydrogen-bond acceptors (Lipinski definition) is 0. The highest BCUT2D eigenvalue weighted by Crippen LogP contribution is 2.37. The van der Waals surface area contributed by atoms with E-state index < -0.39 is 11.6 Å². The summed E-state index contributed by atoms with van der Waals surface area (Å²) in [7, 11) is 0. The van der Waals surface area contributed by atoms with E-state index in [-0.39, 0.29) is 5.92 Å². The molecule has 1 fully saturated rings. The normalized spacial score (nSPS) is 16.3. The van der Waals surface area contributed by atoms with E-state index in [1.807, 2.05) is 18.2 Å². The Morgan fingerprint density at radius 1 is 0.893 bits per heavy atom. The van der Waals surface area contributed by atoms with Crippen molar-refractivity contribution in [2.75, 3.05) is 0 Å². The first-order chi connectivity index (χ1) is 13.6. The Labute approximate surface area is 169 Å². The monoisotopic (exact) mass is 384 g/mol. The van der Waals surface area contributed by atoms with Crippen LogP contribution >= 0.6 is 0 Å². The van der Waals surface area contributed by atoms with Gasteiger partial charge in [0.25, 0.3) is 0 Å². The Hall–Kier alpha value is -1.70. The lowest BCUT2D eigenvalue weighted by Crippen LogP contribution is -2.08. The Bertz CT molecular complexity index is 742. The van der Waals surface area contributed by atoms with E-state index in [2.05, 4.69) is 26.0 Å². The molecule has 0 aromatic heterocycles. The third-order valence-corrected chi connectivity index (χ3v) is 6.37. The predicted molar refractivity (Wildman–Crippen MR) is 115 cm³/mol. The molecular weight excluding hydrogens is 350 g/mol. The minimum Gasteiger partial charge on any atom is -0.203 e. The summed E-state index contributed by atoms with van der Waals surface area (Å²) in [4.78, 5) is 0. The standard InChI is InChI=1S/C26H34F2/c1-3-8-19(2)9-7-10-20-13-15-22(16-14-20)24-18-17-23(25(27)26(24)28)21-11-5-4-6-12-21/h13-19,21H,3-12H2,1-2H3. The fourth-order valence-electron chi connectivity index (χ4n) is 4.66. The molecule has 1 atom stereocenters. The molecule has 0 saturated heterocycles. The molecule has 1 unspecified atom stereocenters. The van der Waals surface area contributed by atoms with Crippen molar-refractivity contribution < 1.29 is 8.78 Å². The predicted octanol–water partition coefficient (Wildman–Crippen LogP) is 8.44. The maximum absolute atomic E-state index is 14.8. The molecule has 0 aliphatic heterocycles. The van der Waals surface area contributed by atoms with E-state index in [9.17, 15) is 8.78 Å². The number of rotatable bonds is 8. The molecule has 0 N–H and O–H groups in total. The van der Waals surface area contributed by atoms with Gasteiger partial charge in [-0.2, -0.15) is 0 Å². The highest BCUT2D eigenvalue weighted by atomic mass is 19.2. The van der Waals surface area contributed by atoms with Crippen LogP contribution in [0.1, 0.15) is 88.7 Å². The van der Waals surface area contributed by atoms with Crippen molar-refractivity contribution in [3.05, 3.63) is 59.2 Å². The van der Waals surface area contributed by atoms with Gasteiger partial charge in [-0.25, -0.2) is 8.78 Å². The maximum atomic E-state index is 14.8. The molecule has 2 heteroatoms. The Kier molecular flexibility index (Phi) is 7.65. The summed E-state index contributed by atoms with van der Waals surface area (Å²) in [6, 6.07) is 11.6. The Balaban J connectivity index is 1.67. The van der Waals surface area contributed by atoms with Crippen LogP contribution in [0.2, 0.25) is 0 Å². The van der Waals surface area contributed by atoms with Crippen LogP contribution in [-0.4, -0.2) is 0 Å². The summed E-state index contributed by atoms with van der Waals surface area (Å²) >= 11 is 0. The van der Waals surface area contributed by atoms with Crippen LogP contribution in [0, 0.1) is 17.6 Å². The largest absolute Gasteiger partial charge is 0.203 e. The summed E-state index contributed by atoms with van der Waals surface area (Å²) in [6.45, 7) is 4.56. The van der Waals surface area contributed by atoms with Gasteiger partial charge in [0.15, 0.2) is 11.6 Å². The molecule has 2 aromatic carbocycles. The van der Waals surface area contributed by atoms with Crippen molar-refractivity contribution in [1.82, 2.24) is 0 Å². The fourth-order valence-corrected chi connectivity index (χ4v) is 4.66. The van der Waals surface area contributed by atoms with Gasteiger partial charge >= 0.3 is 0 Å². The molecule has 0 bridgehead atoms. The van der Waals surface area contributed by atoms with E-state index in [1.165, 1.54) is 37.7 Å². The van der Waals surface area contributed by atoms with Gasteiger partial charge in [0.2, 0.25) is 0 Å². The lowest BCUT2D eigenvalue weighted by atomic mass is 9.83. The Morgan fingerprint density at radius 3 is 2.29 bits per heavy atom. The molecule has 0 radical (unpaired) electrons. The topological polar surface area (TPSA) is 0 Å². The SMILES string of the molecule is CCCC(C)CCCc1ccc(-c2ccc(C3CCCCC3)c(F)c2F)cc1. The van der Waals surface area contributed by atoms with Crippen LogP contribution in [0.4, 0.5) is 8.78 Å². The van der Waals surface area contributed by atoms with Crippen molar-refractivity contribution in [3.63, 3.8) is 0 Å². The van der Waals surface area contributed by atoms with Gasteiger partial charge in [-0.3, -0.25) is 0 Å². The lowest BCUT2D eigenvalue weighted by Gasteiger charge is -2.23. The molecule has 0 amide bonds. The molecule has 3 rings (SSSR count). The van der Waals surface area contributed by atoms with E-state index >= 15 is 0 Å². The molecule has 1 aliphatic rings. The first-order valence-electron chi connectivity index (χ1n) is 11.2. The average Bonchev–Trinajstić information content (AvgIpc) is 2.71. The van der Waals surface area contributed by atoms with E-state index in [0.717, 1.165) is 43.6 Å². The van der Waals surface area contributed by atoms with Crippen molar-refractivity contribution in [1.29, 1.82) is 0 Å². The minimum atomic E-state index is -0.691. The number of aryl methyl sites for hydroxylation is 1. The summed E-state index contributed by atoms with van der Waals surface area (Å²) in [6.07, 6.45) is 11.4. The van der Waals surface area contributed by atoms with Gasteiger partial charge in [-0.15, -0.1) is 0 Å². The van der Waals surface area contributed by atoms with Crippen LogP contribution in [0.5, 0.6) is 0 Å². The van der Waals surface area contributed by atoms with Gasteiger partial charge < -0.3 is 0 Å². The molecule has 1 aliphatic carbocycles. The summed E-state index contributed by atoms with van der Waals surface area (Å²) in [5, 5.41) is 0. The third-order valence-electron chi connectivity index (χ3n) is 6.37. The first-order valence-corrected chi connectivity index (χ1v) is 11.2. The van der Waals surface area contributed by atoms with Gasteiger partial charge in [0.1, 0.15) is 0 Å². The molecule has 1 saturated carbocycles. The van der Waals surface area contributed by atoms with Gasteiger partial charge in [-0.1, -0.05) is 88.8 Å². The van der Waals surface area contributed by atoms with Gasteiger partial charge in [0, 0.05) is 5.56 Å². The molecule has 0 spiro atoms. The third kappa shape index (κ3) is 5.21. The van der Waals surface area contributed by atoms with E-state index in [1.54, 1.807) is 6.07 Å². The number of benzene rings is 2. The molecule has 0 nitrogen and oxygen atoms in total. The van der Waals surface area contributed by atoms with Crippen LogP contribution in [0.3, 0.4) is 0 Å². The quantitative estimate of drug-likeness (QED) is 0.428. The smallest absolute Gasteiger partial charge is 0.166 e. The van der Waals surface area contributed by atoms with Crippen molar-refractivity contribution in [2.24, 2.45) is 5.92 Å². The van der Waals surface area contributed by atoms with Crippen LogP contribution in [0.25, 0.3) is 11.1 Å². The molecular formula is C26H34F2. The molecule has 0 heterocycles. The van der Waals surface area contributed by atoms with Crippen molar-refractivity contribution >= 4 is 0 Å². The van der Waals surface area contributed by atoms with Crippen LogP contribution in [0.15, 0.2) is 36.4 Å². The fraction of sp³-hybridized carbons (Fsp3) is 0.538. The average molecular weight is 385 g/mol. The Morgan fingerprint density at radius 2 is 1.61 bits per heavy atom. The summed E-state index contributed by atoms with van der Waals surface area (Å²) in [5.41, 5.74) is 2.97. The number of halogens is 2. The van der Waals surface area contributed by atoms with Crippen LogP contribution < -0.4 is 0 Å². The maximum Gasteiger partial charge on any atom is 0.166 e. The number of hydrogen-bond donors (Lipinski definition) is 0. The second-order valence-electron chi connectivity index (χ2n) is 8.65. The highest BCUT2D eigenvalue weighted by molar-refractivity contribution is 5.65. The van der Waals surface area contributed by atoms with E-state index in [4.69, 9.17) is 0 Å². The second kappa shape index (κ2) is 10.2. The molecule has 2 aromatic rings. The molecule has 152 valence electrons. The summed E-state index contributed by atoms with van der Waals surface area (Å²) in [5.74, 6) is -0.374. The van der Waals surface area contributed by atoms with Gasteiger partial charge in [0.05, 0.1) is 0 Å². The zero-order valence-electron chi connectivity index (χ0n) is 17.4. The summed E-state index contributed by atoms with van der Waals surface area (Å²) < 4.78 is 29.5. The van der Waals surface area contributed by atoms with Gasteiger partial charge in [-0.05, 0) is 54.2 Å². The van der Waals surface area contributed by atoms with Crippen LogP contribution in [-0.2, 0) is 6.42 Å². The van der Waals surface area contributed by atoms with E-state index in [0.29, 0.717) is 11.1 Å². The molecule has 28 heavy (non-hydrogen) atoms. The van der Waals surface area contributed by atoms with Crippen molar-refractivity contribution in [3.8, 4) is 11.1 Å². The zero-order chi connectivity index (χ0) is 19.9. The van der Waals surface area contributed by atoms with Crippen molar-refractivity contribution in [2.45, 2.75) is 84.0 Å². The highest BCUT2D eigenvalue weighted by Gasteiger charge is 2.22. The minimum absolute atomic E-state index is 0.176. The first kappa shape index (κ1) is 21.0. The lowest BCUT2D eigenvalue weighted by molar-refractivity contribution is 0.418. The second-order valence-corrected chi connectivity index (χ2v) is 8.65. The zero-order valence-corrected chi connectivity index (χ0v) is 17.4.